The minimum atomic E-state index is -0.0856. The Morgan fingerprint density at radius 3 is 2.86 bits per heavy atom. The number of esters is 1. The number of methoxy groups -OCH3 is 2. The van der Waals surface area contributed by atoms with Gasteiger partial charge in [0.15, 0.2) is 0 Å². The third-order valence-electron chi connectivity index (χ3n) is 2.72. The topological polar surface area (TPSA) is 38.8 Å². The lowest BCUT2D eigenvalue weighted by molar-refractivity contribution is -0.145. The van der Waals surface area contributed by atoms with Crippen LogP contribution in [0.1, 0.15) is 13.3 Å². The van der Waals surface area contributed by atoms with E-state index in [4.69, 9.17) is 9.47 Å². The van der Waals surface area contributed by atoms with Gasteiger partial charge in [-0.3, -0.25) is 9.69 Å². The highest BCUT2D eigenvalue weighted by atomic mass is 16.5. The fourth-order valence-electron chi connectivity index (χ4n) is 1.80. The van der Waals surface area contributed by atoms with Crippen molar-refractivity contribution in [2.45, 2.75) is 19.4 Å². The molecule has 1 fully saturated rings. The van der Waals surface area contributed by atoms with Crippen LogP contribution in [0.5, 0.6) is 0 Å². The number of carbonyl (C=O) groups is 1. The number of likely N-dealkylation sites (tertiary alicyclic amines) is 1. The molecule has 4 nitrogen and oxygen atoms in total. The summed E-state index contributed by atoms with van der Waals surface area (Å²) < 4.78 is 9.89. The standard InChI is InChI=1S/C10H19NO3/c1-8(13-2)6-11-5-4-9(7-11)10(12)14-3/h8-9H,4-7H2,1-3H3. The maximum absolute atomic E-state index is 11.2. The first-order valence-electron chi connectivity index (χ1n) is 5.00. The molecule has 1 aliphatic rings. The molecule has 0 aromatic rings. The summed E-state index contributed by atoms with van der Waals surface area (Å²) >= 11 is 0. The first-order valence-corrected chi connectivity index (χ1v) is 5.00. The Kier molecular flexibility index (Phi) is 4.35. The first-order chi connectivity index (χ1) is 6.67. The minimum absolute atomic E-state index is 0.0593. The van der Waals surface area contributed by atoms with Crippen LogP contribution in [0.25, 0.3) is 0 Å². The van der Waals surface area contributed by atoms with E-state index in [-0.39, 0.29) is 18.0 Å². The van der Waals surface area contributed by atoms with Crippen molar-refractivity contribution < 1.29 is 14.3 Å². The van der Waals surface area contributed by atoms with Crippen molar-refractivity contribution >= 4 is 5.97 Å². The van der Waals surface area contributed by atoms with E-state index in [1.165, 1.54) is 7.11 Å². The molecular formula is C10H19NO3. The normalized spacial score (nSPS) is 24.9. The van der Waals surface area contributed by atoms with Crippen molar-refractivity contribution in [2.24, 2.45) is 5.92 Å². The molecule has 1 saturated heterocycles. The Hall–Kier alpha value is -0.610. The van der Waals surface area contributed by atoms with Crippen LogP contribution < -0.4 is 0 Å². The van der Waals surface area contributed by atoms with Gasteiger partial charge in [-0.25, -0.2) is 0 Å². The number of hydrogen-bond donors (Lipinski definition) is 0. The van der Waals surface area contributed by atoms with Crippen molar-refractivity contribution in [3.63, 3.8) is 0 Å². The van der Waals surface area contributed by atoms with Crippen LogP contribution in [0.2, 0.25) is 0 Å². The van der Waals surface area contributed by atoms with Gasteiger partial charge in [-0.05, 0) is 19.9 Å². The van der Waals surface area contributed by atoms with Gasteiger partial charge >= 0.3 is 5.97 Å². The number of nitrogens with zero attached hydrogens (tertiary/aromatic N) is 1. The van der Waals surface area contributed by atoms with Crippen molar-refractivity contribution in [3.05, 3.63) is 0 Å². The third kappa shape index (κ3) is 2.96. The molecule has 0 saturated carbocycles. The highest BCUT2D eigenvalue weighted by Crippen LogP contribution is 2.17. The quantitative estimate of drug-likeness (QED) is 0.621. The van der Waals surface area contributed by atoms with E-state index in [1.807, 2.05) is 6.92 Å². The zero-order valence-electron chi connectivity index (χ0n) is 9.16. The molecule has 0 aromatic carbocycles. The van der Waals surface area contributed by atoms with Gasteiger partial charge in [0, 0.05) is 20.2 Å². The minimum Gasteiger partial charge on any atom is -0.469 e. The zero-order valence-corrected chi connectivity index (χ0v) is 9.16. The maximum atomic E-state index is 11.2. The molecule has 0 aliphatic carbocycles. The summed E-state index contributed by atoms with van der Waals surface area (Å²) in [7, 11) is 3.15. The lowest BCUT2D eigenvalue weighted by atomic mass is 10.1. The van der Waals surface area contributed by atoms with E-state index < -0.39 is 0 Å². The van der Waals surface area contributed by atoms with Crippen LogP contribution in [-0.2, 0) is 14.3 Å². The predicted molar refractivity (Wildman–Crippen MR) is 53.0 cm³/mol. The lowest BCUT2D eigenvalue weighted by Gasteiger charge is -2.19. The van der Waals surface area contributed by atoms with Gasteiger partial charge in [0.25, 0.3) is 0 Å². The second-order valence-corrected chi connectivity index (χ2v) is 3.81. The molecule has 0 radical (unpaired) electrons. The molecular weight excluding hydrogens is 182 g/mol. The summed E-state index contributed by atoms with van der Waals surface area (Å²) in [6, 6.07) is 0. The Bertz CT molecular complexity index is 196. The predicted octanol–water partition coefficient (Wildman–Crippen LogP) is 0.516. The van der Waals surface area contributed by atoms with Gasteiger partial charge in [-0.2, -0.15) is 0 Å². The highest BCUT2D eigenvalue weighted by Gasteiger charge is 2.29. The molecule has 2 atom stereocenters. The van der Waals surface area contributed by atoms with Gasteiger partial charge < -0.3 is 9.47 Å². The van der Waals surface area contributed by atoms with E-state index in [1.54, 1.807) is 7.11 Å². The van der Waals surface area contributed by atoms with Crippen LogP contribution >= 0.6 is 0 Å². The molecule has 0 bridgehead atoms. The first kappa shape index (κ1) is 11.5. The number of hydrogen-bond acceptors (Lipinski definition) is 4. The molecule has 0 spiro atoms. The van der Waals surface area contributed by atoms with Gasteiger partial charge in [0.05, 0.1) is 19.1 Å². The molecule has 1 aliphatic heterocycles. The Labute approximate surface area is 85.2 Å². The number of rotatable bonds is 4. The van der Waals surface area contributed by atoms with E-state index in [2.05, 4.69) is 4.90 Å². The molecule has 1 heterocycles. The Morgan fingerprint density at radius 1 is 1.57 bits per heavy atom. The average molecular weight is 201 g/mol. The van der Waals surface area contributed by atoms with Gasteiger partial charge in [-0.1, -0.05) is 0 Å². The van der Waals surface area contributed by atoms with Crippen molar-refractivity contribution in [1.82, 2.24) is 4.90 Å². The number of ether oxygens (including phenoxy) is 2. The van der Waals surface area contributed by atoms with Gasteiger partial charge in [0.1, 0.15) is 0 Å². The summed E-state index contributed by atoms with van der Waals surface area (Å²) in [5.74, 6) is -0.0263. The second kappa shape index (κ2) is 5.32. The van der Waals surface area contributed by atoms with Crippen molar-refractivity contribution in [2.75, 3.05) is 33.9 Å². The van der Waals surface area contributed by atoms with Crippen LogP contribution in [0.15, 0.2) is 0 Å². The second-order valence-electron chi connectivity index (χ2n) is 3.81. The fraction of sp³-hybridized carbons (Fsp3) is 0.900. The summed E-state index contributed by atoms with van der Waals surface area (Å²) in [5.41, 5.74) is 0. The van der Waals surface area contributed by atoms with Crippen LogP contribution in [0.4, 0.5) is 0 Å². The fourth-order valence-corrected chi connectivity index (χ4v) is 1.80. The summed E-state index contributed by atoms with van der Waals surface area (Å²) in [4.78, 5) is 13.5. The zero-order chi connectivity index (χ0) is 10.6. The van der Waals surface area contributed by atoms with E-state index in [9.17, 15) is 4.79 Å². The lowest BCUT2D eigenvalue weighted by Crippen LogP contribution is -2.31. The highest BCUT2D eigenvalue weighted by molar-refractivity contribution is 5.72. The Morgan fingerprint density at radius 2 is 2.29 bits per heavy atom. The molecule has 1 rings (SSSR count). The summed E-state index contributed by atoms with van der Waals surface area (Å²) in [5, 5.41) is 0. The van der Waals surface area contributed by atoms with Crippen LogP contribution in [-0.4, -0.2) is 50.8 Å². The van der Waals surface area contributed by atoms with E-state index >= 15 is 0 Å². The molecule has 0 N–H and O–H groups in total. The third-order valence-corrected chi connectivity index (χ3v) is 2.72. The van der Waals surface area contributed by atoms with Gasteiger partial charge in [-0.15, -0.1) is 0 Å². The van der Waals surface area contributed by atoms with E-state index in [0.717, 1.165) is 26.1 Å². The summed E-state index contributed by atoms with van der Waals surface area (Å²) in [6.45, 7) is 4.70. The van der Waals surface area contributed by atoms with Crippen LogP contribution in [0, 0.1) is 5.92 Å². The average Bonchev–Trinajstić information content (AvgIpc) is 2.65. The number of carbonyl (C=O) groups excluding carboxylic acids is 1. The maximum Gasteiger partial charge on any atom is 0.310 e. The Balaban J connectivity index is 2.30. The van der Waals surface area contributed by atoms with Crippen LogP contribution in [0.3, 0.4) is 0 Å². The molecule has 0 aromatic heterocycles. The van der Waals surface area contributed by atoms with Crippen molar-refractivity contribution in [3.8, 4) is 0 Å². The largest absolute Gasteiger partial charge is 0.469 e. The molecule has 2 unspecified atom stereocenters. The molecule has 0 amide bonds. The molecule has 4 heteroatoms. The SMILES string of the molecule is COC(=O)C1CCN(CC(C)OC)C1. The smallest absolute Gasteiger partial charge is 0.310 e. The summed E-state index contributed by atoms with van der Waals surface area (Å²) in [6.07, 6.45) is 1.13. The van der Waals surface area contributed by atoms with Gasteiger partial charge in [0.2, 0.25) is 0 Å². The monoisotopic (exact) mass is 201 g/mol. The molecule has 82 valence electrons. The molecule has 14 heavy (non-hydrogen) atoms. The van der Waals surface area contributed by atoms with Crippen molar-refractivity contribution in [1.29, 1.82) is 0 Å². The van der Waals surface area contributed by atoms with E-state index in [0.29, 0.717) is 0 Å².